The Labute approximate surface area is 203 Å². The molecule has 0 atom stereocenters. The van der Waals surface area contributed by atoms with Crippen LogP contribution < -0.4 is 5.32 Å². The van der Waals surface area contributed by atoms with Gasteiger partial charge in [-0.25, -0.2) is 0 Å². The molecule has 0 unspecified atom stereocenters. The maximum Gasteiger partial charge on any atom is 0.322 e. The van der Waals surface area contributed by atoms with Gasteiger partial charge in [0.1, 0.15) is 0 Å². The van der Waals surface area contributed by atoms with Crippen LogP contribution in [0.5, 0.6) is 0 Å². The Hall–Kier alpha value is -3.46. The molecule has 1 amide bonds. The summed E-state index contributed by atoms with van der Waals surface area (Å²) >= 11 is 1.29. The van der Waals surface area contributed by atoms with E-state index in [0.29, 0.717) is 16.9 Å². The largest absolute Gasteiger partial charge is 0.408 e. The SMILES string of the molecule is CC(C)c1nnc(NC(=O)CSc2nnc(-c3ccc(C(C)(C)C)cc3)n2-c2ccccc2)o1. The van der Waals surface area contributed by atoms with Gasteiger partial charge in [0, 0.05) is 17.2 Å². The van der Waals surface area contributed by atoms with Gasteiger partial charge < -0.3 is 4.42 Å². The van der Waals surface area contributed by atoms with Crippen LogP contribution in [-0.4, -0.2) is 36.6 Å². The Morgan fingerprint density at radius 3 is 2.32 bits per heavy atom. The molecule has 0 fully saturated rings. The minimum Gasteiger partial charge on any atom is -0.408 e. The lowest BCUT2D eigenvalue weighted by molar-refractivity contribution is -0.113. The predicted molar refractivity (Wildman–Crippen MR) is 133 cm³/mol. The fraction of sp³-hybridized carbons (Fsp3) is 0.320. The minimum atomic E-state index is -0.261. The van der Waals surface area contributed by atoms with E-state index in [4.69, 9.17) is 4.42 Å². The minimum absolute atomic E-state index is 0.0638. The maximum atomic E-state index is 12.5. The number of thioether (sulfide) groups is 1. The normalized spacial score (nSPS) is 11.7. The summed E-state index contributed by atoms with van der Waals surface area (Å²) < 4.78 is 7.43. The topological polar surface area (TPSA) is 98.7 Å². The van der Waals surface area contributed by atoms with E-state index in [2.05, 4.69) is 70.7 Å². The summed E-state index contributed by atoms with van der Waals surface area (Å²) in [5, 5.41) is 19.9. The standard InChI is InChI=1S/C25H28N6O2S/c1-16(2)22-28-29-23(33-22)26-20(32)15-34-24-30-27-21(31(24)19-9-7-6-8-10-19)17-11-13-18(14-12-17)25(3,4)5/h6-14,16H,15H2,1-5H3,(H,26,29,32). The third kappa shape index (κ3) is 5.36. The number of nitrogens with one attached hydrogen (secondary N) is 1. The van der Waals surface area contributed by atoms with Gasteiger partial charge in [0.2, 0.25) is 11.8 Å². The van der Waals surface area contributed by atoms with Crippen molar-refractivity contribution in [2.45, 2.75) is 51.1 Å². The van der Waals surface area contributed by atoms with Crippen molar-refractivity contribution in [2.75, 3.05) is 11.1 Å². The van der Waals surface area contributed by atoms with Crippen molar-refractivity contribution in [2.24, 2.45) is 0 Å². The number of hydrogen-bond donors (Lipinski definition) is 1. The van der Waals surface area contributed by atoms with Crippen molar-refractivity contribution in [3.8, 4) is 17.1 Å². The van der Waals surface area contributed by atoms with Crippen molar-refractivity contribution < 1.29 is 9.21 Å². The van der Waals surface area contributed by atoms with E-state index < -0.39 is 0 Å². The molecule has 2 aromatic carbocycles. The monoisotopic (exact) mass is 476 g/mol. The zero-order valence-corrected chi connectivity index (χ0v) is 20.8. The molecule has 0 aliphatic rings. The summed E-state index contributed by atoms with van der Waals surface area (Å²) in [4.78, 5) is 12.5. The first-order chi connectivity index (χ1) is 16.2. The number of carbonyl (C=O) groups excluding carboxylic acids is 1. The van der Waals surface area contributed by atoms with Crippen LogP contribution in [0.15, 0.2) is 64.2 Å². The first-order valence-corrected chi connectivity index (χ1v) is 12.1. The second-order valence-electron chi connectivity index (χ2n) is 9.24. The Morgan fingerprint density at radius 2 is 1.71 bits per heavy atom. The molecule has 0 bridgehead atoms. The number of rotatable bonds is 7. The molecule has 34 heavy (non-hydrogen) atoms. The zero-order chi connectivity index (χ0) is 24.3. The van der Waals surface area contributed by atoms with Crippen LogP contribution in [-0.2, 0) is 10.2 Å². The summed E-state index contributed by atoms with van der Waals surface area (Å²) in [7, 11) is 0. The second-order valence-corrected chi connectivity index (χ2v) is 10.2. The summed E-state index contributed by atoms with van der Waals surface area (Å²) in [6.45, 7) is 10.4. The molecule has 2 aromatic heterocycles. The number of anilines is 1. The number of hydrogen-bond acceptors (Lipinski definition) is 7. The van der Waals surface area contributed by atoms with Crippen molar-refractivity contribution in [1.82, 2.24) is 25.0 Å². The Balaban J connectivity index is 1.57. The average molecular weight is 477 g/mol. The Morgan fingerprint density at radius 1 is 1.00 bits per heavy atom. The van der Waals surface area contributed by atoms with Crippen molar-refractivity contribution in [1.29, 1.82) is 0 Å². The van der Waals surface area contributed by atoms with E-state index >= 15 is 0 Å². The highest BCUT2D eigenvalue weighted by molar-refractivity contribution is 7.99. The number of amides is 1. The molecule has 4 rings (SSSR count). The molecule has 1 N–H and O–H groups in total. The van der Waals surface area contributed by atoms with Crippen molar-refractivity contribution >= 4 is 23.7 Å². The van der Waals surface area contributed by atoms with Gasteiger partial charge in [-0.05, 0) is 23.1 Å². The molecular weight excluding hydrogens is 448 g/mol. The van der Waals surface area contributed by atoms with Crippen LogP contribution in [0.25, 0.3) is 17.1 Å². The van der Waals surface area contributed by atoms with Gasteiger partial charge in [0.15, 0.2) is 11.0 Å². The van der Waals surface area contributed by atoms with Crippen LogP contribution in [0.2, 0.25) is 0 Å². The average Bonchev–Trinajstić information content (AvgIpc) is 3.45. The van der Waals surface area contributed by atoms with Gasteiger partial charge in [-0.15, -0.1) is 15.3 Å². The molecule has 0 spiro atoms. The summed E-state index contributed by atoms with van der Waals surface area (Å²) in [5.41, 5.74) is 3.18. The van der Waals surface area contributed by atoms with Gasteiger partial charge in [-0.3, -0.25) is 14.7 Å². The molecule has 0 aliphatic heterocycles. The lowest BCUT2D eigenvalue weighted by Crippen LogP contribution is -2.15. The third-order valence-corrected chi connectivity index (χ3v) is 6.10. The van der Waals surface area contributed by atoms with Crippen LogP contribution in [0.4, 0.5) is 6.01 Å². The fourth-order valence-electron chi connectivity index (χ4n) is 3.28. The highest BCUT2D eigenvalue weighted by Crippen LogP contribution is 2.30. The molecule has 8 nitrogen and oxygen atoms in total. The van der Waals surface area contributed by atoms with E-state index in [1.54, 1.807) is 0 Å². The van der Waals surface area contributed by atoms with Gasteiger partial charge in [-0.2, -0.15) is 0 Å². The van der Waals surface area contributed by atoms with Crippen LogP contribution in [0.1, 0.15) is 52.0 Å². The predicted octanol–water partition coefficient (Wildman–Crippen LogP) is 5.47. The molecule has 4 aromatic rings. The van der Waals surface area contributed by atoms with Crippen molar-refractivity contribution in [3.63, 3.8) is 0 Å². The molecular formula is C25H28N6O2S. The third-order valence-electron chi connectivity index (χ3n) is 5.17. The lowest BCUT2D eigenvalue weighted by atomic mass is 9.87. The number of aromatic nitrogens is 5. The molecule has 0 saturated heterocycles. The van der Waals surface area contributed by atoms with E-state index in [1.807, 2.05) is 48.7 Å². The number of carbonyl (C=O) groups is 1. The number of para-hydroxylation sites is 1. The van der Waals surface area contributed by atoms with Gasteiger partial charge in [0.05, 0.1) is 5.75 Å². The fourth-order valence-corrected chi connectivity index (χ4v) is 4.04. The summed E-state index contributed by atoms with van der Waals surface area (Å²) in [6.07, 6.45) is 0. The molecule has 0 saturated carbocycles. The van der Waals surface area contributed by atoms with Gasteiger partial charge in [-0.1, -0.05) is 93.9 Å². The number of nitrogens with zero attached hydrogens (tertiary/aromatic N) is 5. The maximum absolute atomic E-state index is 12.5. The van der Waals surface area contributed by atoms with Gasteiger partial charge >= 0.3 is 6.01 Å². The highest BCUT2D eigenvalue weighted by atomic mass is 32.2. The van der Waals surface area contributed by atoms with Gasteiger partial charge in [0.25, 0.3) is 0 Å². The van der Waals surface area contributed by atoms with E-state index in [1.165, 1.54) is 17.3 Å². The van der Waals surface area contributed by atoms with E-state index in [-0.39, 0.29) is 29.0 Å². The first kappa shape index (κ1) is 23.7. The molecule has 0 radical (unpaired) electrons. The molecule has 9 heteroatoms. The summed E-state index contributed by atoms with van der Waals surface area (Å²) in [6, 6.07) is 18.3. The smallest absolute Gasteiger partial charge is 0.322 e. The quantitative estimate of drug-likeness (QED) is 0.353. The second kappa shape index (κ2) is 9.80. The lowest BCUT2D eigenvalue weighted by Gasteiger charge is -2.19. The van der Waals surface area contributed by atoms with E-state index in [0.717, 1.165) is 11.3 Å². The number of benzene rings is 2. The highest BCUT2D eigenvalue weighted by Gasteiger charge is 2.19. The zero-order valence-electron chi connectivity index (χ0n) is 19.9. The molecule has 0 aliphatic carbocycles. The molecule has 2 heterocycles. The Bertz CT molecular complexity index is 1260. The van der Waals surface area contributed by atoms with Crippen LogP contribution >= 0.6 is 11.8 Å². The van der Waals surface area contributed by atoms with E-state index in [9.17, 15) is 4.79 Å². The Kier molecular flexibility index (Phi) is 6.83. The summed E-state index contributed by atoms with van der Waals surface area (Å²) in [5.74, 6) is 1.14. The van der Waals surface area contributed by atoms with Crippen LogP contribution in [0.3, 0.4) is 0 Å². The van der Waals surface area contributed by atoms with Crippen LogP contribution in [0, 0.1) is 0 Å². The first-order valence-electron chi connectivity index (χ1n) is 11.1. The molecule has 176 valence electrons. The van der Waals surface area contributed by atoms with Crippen molar-refractivity contribution in [3.05, 3.63) is 66.1 Å².